The average molecular weight is 652 g/mol. The Morgan fingerprint density at radius 3 is 2.27 bits per heavy atom. The Labute approximate surface area is 286 Å². The summed E-state index contributed by atoms with van der Waals surface area (Å²) in [5.74, 6) is -0.364. The van der Waals surface area contributed by atoms with E-state index in [9.17, 15) is 9.59 Å². The highest BCUT2D eigenvalue weighted by Crippen LogP contribution is 2.43. The van der Waals surface area contributed by atoms with Crippen LogP contribution in [0.25, 0.3) is 33.4 Å². The summed E-state index contributed by atoms with van der Waals surface area (Å²) in [6.07, 6.45) is 0. The zero-order valence-corrected chi connectivity index (χ0v) is 28.2. The lowest BCUT2D eigenvalue weighted by Gasteiger charge is -2.19. The Bertz CT molecular complexity index is 2220. The monoisotopic (exact) mass is 651 g/mol. The lowest BCUT2D eigenvalue weighted by atomic mass is 9.90. The number of benzene rings is 5. The second-order valence-corrected chi connectivity index (χ2v) is 12.0. The molecule has 6 rings (SSSR count). The third-order valence-corrected chi connectivity index (χ3v) is 8.39. The van der Waals surface area contributed by atoms with Crippen molar-refractivity contribution in [3.8, 4) is 22.5 Å². The third kappa shape index (κ3) is 7.16. The zero-order chi connectivity index (χ0) is 34.5. The van der Waals surface area contributed by atoms with E-state index in [1.807, 2.05) is 61.5 Å². The van der Waals surface area contributed by atoms with Crippen molar-refractivity contribution in [1.29, 1.82) is 0 Å². The fourth-order valence-corrected chi connectivity index (χ4v) is 5.88. The number of hydrogen-bond acceptors (Lipinski definition) is 6. The highest BCUT2D eigenvalue weighted by atomic mass is 16.6. The first-order valence-electron chi connectivity index (χ1n) is 16.3. The fourth-order valence-electron chi connectivity index (χ4n) is 5.88. The Morgan fingerprint density at radius 1 is 0.816 bits per heavy atom. The molecule has 0 saturated carbocycles. The van der Waals surface area contributed by atoms with Crippen LogP contribution in [0.3, 0.4) is 0 Å². The molecular formula is C42H39N2O5+. The summed E-state index contributed by atoms with van der Waals surface area (Å²) >= 11 is 0. The van der Waals surface area contributed by atoms with Crippen molar-refractivity contribution >= 4 is 40.0 Å². The van der Waals surface area contributed by atoms with Gasteiger partial charge in [0.1, 0.15) is 31.1 Å². The molecule has 2 aliphatic rings. The van der Waals surface area contributed by atoms with Crippen molar-refractivity contribution in [2.75, 3.05) is 25.1 Å². The summed E-state index contributed by atoms with van der Waals surface area (Å²) in [4.78, 5) is 25.4. The Morgan fingerprint density at radius 2 is 1.53 bits per heavy atom. The van der Waals surface area contributed by atoms with Crippen LogP contribution in [-0.2, 0) is 14.3 Å². The Balaban J connectivity index is 1.53. The molecule has 246 valence electrons. The predicted octanol–water partition coefficient (Wildman–Crippen LogP) is 8.96. The molecule has 0 atom stereocenters. The molecule has 49 heavy (non-hydrogen) atoms. The van der Waals surface area contributed by atoms with Crippen molar-refractivity contribution in [2.45, 2.75) is 27.7 Å². The summed E-state index contributed by atoms with van der Waals surface area (Å²) < 4.78 is 19.7. The number of aryl methyl sites for hydroxylation is 2. The number of carbonyl (C=O) groups excluding carboxylic acids is 2. The molecule has 1 N–H and O–H groups in total. The lowest BCUT2D eigenvalue weighted by Crippen LogP contribution is -2.25. The van der Waals surface area contributed by atoms with Crippen LogP contribution in [-0.4, -0.2) is 31.7 Å². The van der Waals surface area contributed by atoms with Crippen molar-refractivity contribution < 1.29 is 23.5 Å². The van der Waals surface area contributed by atoms with Gasteiger partial charge in [-0.05, 0) is 75.2 Å². The number of ether oxygens (including phenoxy) is 2. The van der Waals surface area contributed by atoms with E-state index >= 15 is 0 Å². The predicted molar refractivity (Wildman–Crippen MR) is 195 cm³/mol. The normalized spacial score (nSPS) is 11.7. The second kappa shape index (κ2) is 14.4. The molecule has 0 spiro atoms. The highest BCUT2D eigenvalue weighted by Gasteiger charge is 2.24. The van der Waals surface area contributed by atoms with E-state index < -0.39 is 11.9 Å². The minimum atomic E-state index is -0.527. The van der Waals surface area contributed by atoms with Crippen LogP contribution in [0.15, 0.2) is 126 Å². The van der Waals surface area contributed by atoms with Crippen LogP contribution >= 0.6 is 0 Å². The number of carbonyl (C=O) groups is 2. The lowest BCUT2D eigenvalue weighted by molar-refractivity contribution is -0.140. The molecular weight excluding hydrogens is 612 g/mol. The third-order valence-electron chi connectivity index (χ3n) is 8.39. The molecule has 0 amide bonds. The molecule has 7 heteroatoms. The quantitative estimate of drug-likeness (QED) is 0.0524. The number of fused-ring (bicyclic) bond motifs is 2. The first kappa shape index (κ1) is 33.0. The molecule has 0 radical (unpaired) electrons. The maximum absolute atomic E-state index is 13.6. The zero-order valence-electron chi connectivity index (χ0n) is 28.2. The second-order valence-electron chi connectivity index (χ2n) is 12.0. The van der Waals surface area contributed by atoms with E-state index in [1.54, 1.807) is 13.0 Å². The summed E-state index contributed by atoms with van der Waals surface area (Å²) in [5.41, 5.74) is 8.92. The van der Waals surface area contributed by atoms with Crippen molar-refractivity contribution in [3.63, 3.8) is 0 Å². The number of anilines is 2. The number of esters is 2. The van der Waals surface area contributed by atoms with Crippen molar-refractivity contribution in [2.24, 2.45) is 0 Å². The first-order valence-corrected chi connectivity index (χ1v) is 16.3. The summed E-state index contributed by atoms with van der Waals surface area (Å²) in [5, 5.41) is 5.37. The maximum atomic E-state index is 13.6. The topological polar surface area (TPSA) is 80.8 Å². The van der Waals surface area contributed by atoms with Crippen LogP contribution in [0.1, 0.15) is 35.3 Å². The van der Waals surface area contributed by atoms with E-state index in [-0.39, 0.29) is 18.8 Å². The van der Waals surface area contributed by atoms with Crippen LogP contribution in [0.2, 0.25) is 0 Å². The minimum absolute atomic E-state index is 0.0683. The summed E-state index contributed by atoms with van der Waals surface area (Å²) in [6, 6.07) is 36.2. The van der Waals surface area contributed by atoms with Crippen LogP contribution < -0.4 is 15.2 Å². The molecule has 1 heterocycles. The van der Waals surface area contributed by atoms with E-state index in [0.29, 0.717) is 22.5 Å². The number of nitrogens with one attached hydrogen (secondary N) is 1. The van der Waals surface area contributed by atoms with Gasteiger partial charge in [-0.3, -0.25) is 0 Å². The highest BCUT2D eigenvalue weighted by molar-refractivity contribution is 6.08. The Kier molecular flexibility index (Phi) is 9.72. The van der Waals surface area contributed by atoms with Crippen molar-refractivity contribution in [3.05, 3.63) is 143 Å². The number of para-hydroxylation sites is 1. The molecule has 1 aliphatic heterocycles. The van der Waals surface area contributed by atoms with Gasteiger partial charge in [0.2, 0.25) is 11.0 Å². The fraction of sp³-hybridized carbons (Fsp3) is 0.167. The van der Waals surface area contributed by atoms with Crippen LogP contribution in [0.5, 0.6) is 0 Å². The van der Waals surface area contributed by atoms with Crippen LogP contribution in [0.4, 0.5) is 17.1 Å². The Hall–Kier alpha value is -5.95. The van der Waals surface area contributed by atoms with Gasteiger partial charge in [0.25, 0.3) is 0 Å². The van der Waals surface area contributed by atoms with E-state index in [4.69, 9.17) is 13.9 Å². The molecule has 0 saturated heterocycles. The maximum Gasteiger partial charge on any atom is 0.338 e. The van der Waals surface area contributed by atoms with E-state index in [2.05, 4.69) is 78.8 Å². The SMILES string of the molecule is C=C(C)C(=O)OCCOC(=O)c1ccccc1-c1c2cc/c(=[N+](/CC)c3ccc(C)cc3)cc-2oc2cc(C)c(Nc3ccccc3)cc12. The molecule has 7 nitrogen and oxygen atoms in total. The smallest absolute Gasteiger partial charge is 0.338 e. The van der Waals surface area contributed by atoms with Crippen LogP contribution in [0, 0.1) is 13.8 Å². The molecule has 0 fully saturated rings. The first-order chi connectivity index (χ1) is 23.7. The van der Waals surface area contributed by atoms with Gasteiger partial charge < -0.3 is 19.2 Å². The van der Waals surface area contributed by atoms with Gasteiger partial charge in [-0.15, -0.1) is 0 Å². The van der Waals surface area contributed by atoms with Gasteiger partial charge in [-0.1, -0.05) is 60.7 Å². The van der Waals surface area contributed by atoms with Gasteiger partial charge in [-0.25, -0.2) is 9.59 Å². The van der Waals surface area contributed by atoms with E-state index in [1.165, 1.54) is 5.56 Å². The number of nitrogens with zero attached hydrogens (tertiary/aromatic N) is 1. The molecule has 0 bridgehead atoms. The average Bonchev–Trinajstić information content (AvgIpc) is 3.11. The molecule has 4 aromatic carbocycles. The van der Waals surface area contributed by atoms with Gasteiger partial charge in [0.05, 0.1) is 11.6 Å². The largest absolute Gasteiger partial charge is 0.459 e. The van der Waals surface area contributed by atoms with E-state index in [0.717, 1.165) is 51.0 Å². The number of hydrogen-bond donors (Lipinski definition) is 1. The molecule has 1 aliphatic carbocycles. The van der Waals surface area contributed by atoms with Gasteiger partial charge in [0.15, 0.2) is 0 Å². The van der Waals surface area contributed by atoms with Gasteiger partial charge in [-0.2, -0.15) is 4.58 Å². The minimum Gasteiger partial charge on any atom is -0.459 e. The van der Waals surface area contributed by atoms with Gasteiger partial charge >= 0.3 is 11.9 Å². The summed E-state index contributed by atoms with van der Waals surface area (Å²) in [7, 11) is 0. The number of rotatable bonds is 10. The standard InChI is InChI=1S/C42H39N2O5/c1-6-44(31-18-16-28(4)17-19-31)32-20-21-35-39(25-32)49-38-24-29(5)37(43-30-12-8-7-9-13-30)26-36(38)40(35)33-14-10-11-15-34(33)42(46)48-23-22-47-41(45)27(2)3/h7-21,24-26,43H,2,6,22-23H2,1,3-5H3/q+1/b44-32+. The van der Waals surface area contributed by atoms with Gasteiger partial charge in [0, 0.05) is 51.7 Å². The van der Waals surface area contributed by atoms with Crippen molar-refractivity contribution in [1.82, 2.24) is 4.58 Å². The molecule has 0 unspecified atom stereocenters. The molecule has 4 aromatic rings. The summed E-state index contributed by atoms with van der Waals surface area (Å²) in [6.45, 7) is 12.0. The molecule has 0 aromatic heterocycles.